The van der Waals surface area contributed by atoms with Gasteiger partial charge in [-0.05, 0) is 38.1 Å². The summed E-state index contributed by atoms with van der Waals surface area (Å²) in [6.45, 7) is 9.86. The number of ether oxygens (including phenoxy) is 1. The lowest BCUT2D eigenvalue weighted by atomic mass is 10.0. The number of nitrogens with zero attached hydrogens (tertiary/aromatic N) is 1. The van der Waals surface area contributed by atoms with Crippen molar-refractivity contribution in [3.63, 3.8) is 0 Å². The van der Waals surface area contributed by atoms with Gasteiger partial charge in [0.05, 0.1) is 6.61 Å². The van der Waals surface area contributed by atoms with Gasteiger partial charge in [0.1, 0.15) is 5.75 Å². The molecule has 19 heavy (non-hydrogen) atoms. The third-order valence-corrected chi connectivity index (χ3v) is 4.38. The first-order valence-electron chi connectivity index (χ1n) is 6.87. The molecule has 0 bridgehead atoms. The van der Waals surface area contributed by atoms with Gasteiger partial charge in [0.25, 0.3) is 0 Å². The van der Waals surface area contributed by atoms with Crippen LogP contribution in [0, 0.1) is 0 Å². The van der Waals surface area contributed by atoms with E-state index in [2.05, 4.69) is 53.7 Å². The third kappa shape index (κ3) is 3.12. The molecule has 2 rings (SSSR count). The van der Waals surface area contributed by atoms with Crippen molar-refractivity contribution in [3.05, 3.63) is 27.7 Å². The van der Waals surface area contributed by atoms with Crippen molar-refractivity contribution in [3.8, 4) is 5.75 Å². The Bertz CT molecular complexity index is 460. The first-order valence-corrected chi connectivity index (χ1v) is 7.66. The highest BCUT2D eigenvalue weighted by atomic mass is 79.9. The maximum Gasteiger partial charge on any atom is 0.127 e. The average Bonchev–Trinajstić information content (AvgIpc) is 2.83. The lowest BCUT2D eigenvalue weighted by molar-refractivity contribution is 0.124. The number of benzene rings is 1. The highest BCUT2D eigenvalue weighted by molar-refractivity contribution is 9.10. The van der Waals surface area contributed by atoms with Crippen LogP contribution >= 0.6 is 15.9 Å². The van der Waals surface area contributed by atoms with Crippen molar-refractivity contribution in [2.45, 2.75) is 39.3 Å². The monoisotopic (exact) mass is 326 g/mol. The van der Waals surface area contributed by atoms with Crippen molar-refractivity contribution in [2.75, 3.05) is 19.7 Å². The van der Waals surface area contributed by atoms with Crippen LogP contribution in [-0.4, -0.2) is 30.1 Å². The lowest BCUT2D eigenvalue weighted by Gasteiger charge is -2.37. The Morgan fingerprint density at radius 3 is 2.79 bits per heavy atom. The summed E-state index contributed by atoms with van der Waals surface area (Å²) in [5, 5.41) is 0. The SMILES string of the molecule is CCN(Cc1cc(Br)cc2c1OCC2)C(C)(C)CN. The third-order valence-electron chi connectivity index (χ3n) is 3.92. The van der Waals surface area contributed by atoms with Gasteiger partial charge >= 0.3 is 0 Å². The van der Waals surface area contributed by atoms with Gasteiger partial charge in [-0.3, -0.25) is 4.90 Å². The van der Waals surface area contributed by atoms with E-state index < -0.39 is 0 Å². The van der Waals surface area contributed by atoms with E-state index in [9.17, 15) is 0 Å². The van der Waals surface area contributed by atoms with Crippen LogP contribution in [0.4, 0.5) is 0 Å². The second-order valence-corrected chi connectivity index (χ2v) is 6.60. The van der Waals surface area contributed by atoms with Crippen LogP contribution in [-0.2, 0) is 13.0 Å². The van der Waals surface area contributed by atoms with Crippen LogP contribution in [0.1, 0.15) is 31.9 Å². The fraction of sp³-hybridized carbons (Fsp3) is 0.600. The number of hydrogen-bond acceptors (Lipinski definition) is 3. The summed E-state index contributed by atoms with van der Waals surface area (Å²) in [5.41, 5.74) is 8.47. The summed E-state index contributed by atoms with van der Waals surface area (Å²) in [4.78, 5) is 2.40. The lowest BCUT2D eigenvalue weighted by Crippen LogP contribution is -2.48. The molecule has 1 heterocycles. The summed E-state index contributed by atoms with van der Waals surface area (Å²) in [7, 11) is 0. The van der Waals surface area contributed by atoms with E-state index in [0.29, 0.717) is 6.54 Å². The zero-order chi connectivity index (χ0) is 14.0. The number of hydrogen-bond donors (Lipinski definition) is 1. The van der Waals surface area contributed by atoms with Crippen LogP contribution in [0.3, 0.4) is 0 Å². The smallest absolute Gasteiger partial charge is 0.127 e. The summed E-state index contributed by atoms with van der Waals surface area (Å²) >= 11 is 3.60. The van der Waals surface area contributed by atoms with Crippen molar-refractivity contribution in [1.29, 1.82) is 0 Å². The molecule has 3 nitrogen and oxygen atoms in total. The summed E-state index contributed by atoms with van der Waals surface area (Å²) in [5.74, 6) is 1.08. The van der Waals surface area contributed by atoms with Gasteiger partial charge < -0.3 is 10.5 Å². The normalized spacial score (nSPS) is 14.6. The molecule has 4 heteroatoms. The molecular weight excluding hydrogens is 304 g/mol. The molecule has 0 amide bonds. The molecular formula is C15H23BrN2O. The molecule has 0 aliphatic carbocycles. The predicted molar refractivity (Wildman–Crippen MR) is 82.6 cm³/mol. The first kappa shape index (κ1) is 14.8. The molecule has 0 aromatic heterocycles. The fourth-order valence-corrected chi connectivity index (χ4v) is 3.10. The number of nitrogens with two attached hydrogens (primary N) is 1. The summed E-state index contributed by atoms with van der Waals surface area (Å²) in [6.07, 6.45) is 1.01. The second kappa shape index (κ2) is 5.81. The Kier molecular flexibility index (Phi) is 4.54. The highest BCUT2D eigenvalue weighted by Crippen LogP contribution is 2.34. The Hall–Kier alpha value is -0.580. The fourth-order valence-electron chi connectivity index (χ4n) is 2.55. The van der Waals surface area contributed by atoms with Gasteiger partial charge in [0, 0.05) is 35.1 Å². The van der Waals surface area contributed by atoms with Crippen molar-refractivity contribution in [1.82, 2.24) is 4.90 Å². The zero-order valence-electron chi connectivity index (χ0n) is 12.0. The van der Waals surface area contributed by atoms with Crippen LogP contribution in [0.15, 0.2) is 16.6 Å². The van der Waals surface area contributed by atoms with Crippen molar-refractivity contribution >= 4 is 15.9 Å². The predicted octanol–water partition coefficient (Wildman–Crippen LogP) is 2.94. The minimum absolute atomic E-state index is 0.00253. The molecule has 1 aromatic carbocycles. The number of halogens is 1. The number of rotatable bonds is 5. The van der Waals surface area contributed by atoms with Crippen molar-refractivity contribution in [2.24, 2.45) is 5.73 Å². The van der Waals surface area contributed by atoms with E-state index in [1.54, 1.807) is 0 Å². The molecule has 2 N–H and O–H groups in total. The second-order valence-electron chi connectivity index (χ2n) is 5.68. The zero-order valence-corrected chi connectivity index (χ0v) is 13.6. The maximum atomic E-state index is 5.90. The van der Waals surface area contributed by atoms with Gasteiger partial charge in [-0.2, -0.15) is 0 Å². The molecule has 0 unspecified atom stereocenters. The van der Waals surface area contributed by atoms with E-state index in [1.165, 1.54) is 11.1 Å². The van der Waals surface area contributed by atoms with Crippen LogP contribution < -0.4 is 10.5 Å². The Balaban J connectivity index is 2.28. The molecule has 0 saturated heterocycles. The van der Waals surface area contributed by atoms with Crippen molar-refractivity contribution < 1.29 is 4.74 Å². The largest absolute Gasteiger partial charge is 0.493 e. The molecule has 0 atom stereocenters. The van der Waals surface area contributed by atoms with Crippen LogP contribution in [0.2, 0.25) is 0 Å². The molecule has 106 valence electrons. The van der Waals surface area contributed by atoms with E-state index in [1.807, 2.05) is 0 Å². The molecule has 0 fully saturated rings. The highest BCUT2D eigenvalue weighted by Gasteiger charge is 2.26. The van der Waals surface area contributed by atoms with Gasteiger partial charge in [0.15, 0.2) is 0 Å². The van der Waals surface area contributed by atoms with E-state index in [4.69, 9.17) is 10.5 Å². The first-order chi connectivity index (χ1) is 8.97. The molecule has 1 aliphatic rings. The van der Waals surface area contributed by atoms with E-state index >= 15 is 0 Å². The number of fused-ring (bicyclic) bond motifs is 1. The molecule has 0 saturated carbocycles. The van der Waals surface area contributed by atoms with E-state index in [0.717, 1.165) is 36.3 Å². The van der Waals surface area contributed by atoms with Gasteiger partial charge in [-0.15, -0.1) is 0 Å². The minimum atomic E-state index is 0.00253. The topological polar surface area (TPSA) is 38.5 Å². The van der Waals surface area contributed by atoms with Gasteiger partial charge in [-0.1, -0.05) is 22.9 Å². The molecule has 0 radical (unpaired) electrons. The minimum Gasteiger partial charge on any atom is -0.493 e. The van der Waals surface area contributed by atoms with Gasteiger partial charge in [0.2, 0.25) is 0 Å². The maximum absolute atomic E-state index is 5.90. The molecule has 0 spiro atoms. The Morgan fingerprint density at radius 1 is 1.42 bits per heavy atom. The quantitative estimate of drug-likeness (QED) is 0.904. The molecule has 1 aromatic rings. The summed E-state index contributed by atoms with van der Waals surface area (Å²) < 4.78 is 6.93. The van der Waals surface area contributed by atoms with Gasteiger partial charge in [-0.25, -0.2) is 0 Å². The molecule has 1 aliphatic heterocycles. The van der Waals surface area contributed by atoms with E-state index in [-0.39, 0.29) is 5.54 Å². The standard InChI is InChI=1S/C15H23BrN2O/c1-4-18(15(2,3)10-17)9-12-8-13(16)7-11-5-6-19-14(11)12/h7-8H,4-6,9-10,17H2,1-3H3. The van der Waals surface area contributed by atoms with Crippen LogP contribution in [0.25, 0.3) is 0 Å². The summed E-state index contributed by atoms with van der Waals surface area (Å²) in [6, 6.07) is 4.33. The van der Waals surface area contributed by atoms with Crippen LogP contribution in [0.5, 0.6) is 5.75 Å². The average molecular weight is 327 g/mol. The Morgan fingerprint density at radius 2 is 2.16 bits per heavy atom. The Labute approximate surface area is 124 Å². The number of likely N-dealkylation sites (N-methyl/N-ethyl adjacent to an activating group) is 1.